The molecular formula is C25H34. The summed E-state index contributed by atoms with van der Waals surface area (Å²) in [5.74, 6) is 0. The van der Waals surface area contributed by atoms with E-state index in [9.17, 15) is 0 Å². The molecule has 0 saturated heterocycles. The van der Waals surface area contributed by atoms with Crippen molar-refractivity contribution in [3.05, 3.63) is 107 Å². The van der Waals surface area contributed by atoms with E-state index < -0.39 is 0 Å². The summed E-state index contributed by atoms with van der Waals surface area (Å²) in [6, 6.07) is 17.0. The third-order valence-corrected chi connectivity index (χ3v) is 3.44. The molecule has 2 aromatic rings. The van der Waals surface area contributed by atoms with Gasteiger partial charge in [0, 0.05) is 0 Å². The third kappa shape index (κ3) is 13.8. The molecule has 0 unspecified atom stereocenters. The Balaban J connectivity index is 0.000000346. The first-order valence-electron chi connectivity index (χ1n) is 8.75. The second kappa shape index (κ2) is 13.0. The Kier molecular flexibility index (Phi) is 11.8. The Labute approximate surface area is 155 Å². The molecule has 0 bridgehead atoms. The Morgan fingerprint density at radius 1 is 0.600 bits per heavy atom. The minimum atomic E-state index is 1.20. The lowest BCUT2D eigenvalue weighted by Crippen LogP contribution is -1.70. The highest BCUT2D eigenvalue weighted by atomic mass is 13.9. The molecule has 25 heavy (non-hydrogen) atoms. The molecule has 0 fully saturated rings. The second-order valence-corrected chi connectivity index (χ2v) is 6.67. The normalized spacial score (nSPS) is 9.80. The molecule has 0 radical (unpaired) electrons. The molecule has 0 nitrogen and oxygen atoms in total. The monoisotopic (exact) mass is 334 g/mol. The van der Waals surface area contributed by atoms with Crippen LogP contribution in [0.25, 0.3) is 0 Å². The molecule has 0 spiro atoms. The van der Waals surface area contributed by atoms with E-state index in [0.717, 1.165) is 0 Å². The number of benzene rings is 2. The summed E-state index contributed by atoms with van der Waals surface area (Å²) >= 11 is 0. The van der Waals surface area contributed by atoms with Crippen molar-refractivity contribution in [2.45, 2.75) is 48.5 Å². The molecule has 0 N–H and O–H groups in total. The minimum absolute atomic E-state index is 1.20. The van der Waals surface area contributed by atoms with E-state index in [2.05, 4.69) is 109 Å². The van der Waals surface area contributed by atoms with Crippen LogP contribution in [0.3, 0.4) is 0 Å². The Bertz CT molecular complexity index is 575. The van der Waals surface area contributed by atoms with Gasteiger partial charge in [0.25, 0.3) is 0 Å². The molecule has 0 aliphatic rings. The SMILES string of the molecule is C=C/C(C)=C\C=C(C)C.Cc1ccc(C)cc1.Cc1ccc(C)cc1. The van der Waals surface area contributed by atoms with Gasteiger partial charge in [-0.3, -0.25) is 0 Å². The maximum atomic E-state index is 3.64. The van der Waals surface area contributed by atoms with E-state index in [1.807, 2.05) is 13.0 Å². The van der Waals surface area contributed by atoms with Gasteiger partial charge in [0.2, 0.25) is 0 Å². The Hall–Kier alpha value is -2.34. The highest BCUT2D eigenvalue weighted by Crippen LogP contribution is 2.00. The fourth-order valence-corrected chi connectivity index (χ4v) is 1.64. The van der Waals surface area contributed by atoms with E-state index in [0.29, 0.717) is 0 Å². The molecule has 0 aliphatic heterocycles. The smallest absolute Gasteiger partial charge is 0.0398 e. The van der Waals surface area contributed by atoms with E-state index in [-0.39, 0.29) is 0 Å². The second-order valence-electron chi connectivity index (χ2n) is 6.67. The topological polar surface area (TPSA) is 0 Å². The summed E-state index contributed by atoms with van der Waals surface area (Å²) in [4.78, 5) is 0. The number of aryl methyl sites for hydroxylation is 4. The van der Waals surface area contributed by atoms with Gasteiger partial charge in [-0.1, -0.05) is 107 Å². The average Bonchev–Trinajstić information content (AvgIpc) is 2.59. The van der Waals surface area contributed by atoms with Crippen molar-refractivity contribution in [3.8, 4) is 0 Å². The summed E-state index contributed by atoms with van der Waals surface area (Å²) in [6.07, 6.45) is 5.98. The Morgan fingerprint density at radius 2 is 0.880 bits per heavy atom. The van der Waals surface area contributed by atoms with Gasteiger partial charge in [-0.2, -0.15) is 0 Å². The van der Waals surface area contributed by atoms with Crippen LogP contribution in [-0.4, -0.2) is 0 Å². The van der Waals surface area contributed by atoms with Gasteiger partial charge in [0.15, 0.2) is 0 Å². The third-order valence-electron chi connectivity index (χ3n) is 3.44. The molecule has 0 heterocycles. The molecule has 2 aromatic carbocycles. The van der Waals surface area contributed by atoms with Crippen LogP contribution in [-0.2, 0) is 0 Å². The summed E-state index contributed by atoms with van der Waals surface area (Å²) in [5, 5.41) is 0. The van der Waals surface area contributed by atoms with Crippen molar-refractivity contribution >= 4 is 0 Å². The zero-order chi connectivity index (χ0) is 19.2. The Morgan fingerprint density at radius 3 is 1.08 bits per heavy atom. The summed E-state index contributed by atoms with van der Waals surface area (Å²) in [6.45, 7) is 18.2. The molecule has 0 saturated carbocycles. The van der Waals surface area contributed by atoms with Gasteiger partial charge in [-0.25, -0.2) is 0 Å². The molecule has 134 valence electrons. The highest BCUT2D eigenvalue weighted by molar-refractivity contribution is 5.21. The molecule has 0 atom stereocenters. The van der Waals surface area contributed by atoms with Gasteiger partial charge in [0.1, 0.15) is 0 Å². The van der Waals surface area contributed by atoms with Crippen molar-refractivity contribution in [1.82, 2.24) is 0 Å². The lowest BCUT2D eigenvalue weighted by atomic mass is 10.2. The predicted octanol–water partition coefficient (Wildman–Crippen LogP) is 7.69. The summed E-state index contributed by atoms with van der Waals surface area (Å²) < 4.78 is 0. The van der Waals surface area contributed by atoms with Crippen LogP contribution >= 0.6 is 0 Å². The van der Waals surface area contributed by atoms with Gasteiger partial charge in [-0.05, 0) is 48.5 Å². The number of rotatable bonds is 2. The van der Waals surface area contributed by atoms with Gasteiger partial charge in [-0.15, -0.1) is 0 Å². The fourth-order valence-electron chi connectivity index (χ4n) is 1.64. The molecule has 0 amide bonds. The lowest BCUT2D eigenvalue weighted by Gasteiger charge is -1.90. The van der Waals surface area contributed by atoms with Crippen molar-refractivity contribution in [3.63, 3.8) is 0 Å². The maximum Gasteiger partial charge on any atom is -0.0398 e. The maximum absolute atomic E-state index is 3.64. The molecular weight excluding hydrogens is 300 g/mol. The highest BCUT2D eigenvalue weighted by Gasteiger charge is 1.80. The largest absolute Gasteiger partial charge is 0.0988 e. The van der Waals surface area contributed by atoms with Crippen LogP contribution in [0.15, 0.2) is 84.5 Å². The van der Waals surface area contributed by atoms with Crippen molar-refractivity contribution < 1.29 is 0 Å². The lowest BCUT2D eigenvalue weighted by molar-refractivity contribution is 1.38. The average molecular weight is 335 g/mol. The zero-order valence-corrected chi connectivity index (χ0v) is 17.1. The number of hydrogen-bond donors (Lipinski definition) is 0. The van der Waals surface area contributed by atoms with E-state index >= 15 is 0 Å². The van der Waals surface area contributed by atoms with Gasteiger partial charge >= 0.3 is 0 Å². The van der Waals surface area contributed by atoms with E-state index in [4.69, 9.17) is 0 Å². The predicted molar refractivity (Wildman–Crippen MR) is 115 cm³/mol. The molecule has 0 aromatic heterocycles. The van der Waals surface area contributed by atoms with Crippen LogP contribution < -0.4 is 0 Å². The van der Waals surface area contributed by atoms with Gasteiger partial charge < -0.3 is 0 Å². The molecule has 0 heteroatoms. The van der Waals surface area contributed by atoms with Crippen molar-refractivity contribution in [2.75, 3.05) is 0 Å². The fraction of sp³-hybridized carbons (Fsp3) is 0.280. The number of hydrogen-bond acceptors (Lipinski definition) is 0. The molecule has 0 aliphatic carbocycles. The quantitative estimate of drug-likeness (QED) is 0.494. The standard InChI is InChI=1S/C9H14.2C8H10/c1-5-9(4)7-6-8(2)3;2*1-7-3-5-8(2)6-4-7/h5-7H,1H2,2-4H3;2*3-6H,1-2H3/b9-7-;;. The summed E-state index contributed by atoms with van der Waals surface area (Å²) in [5.41, 5.74) is 7.84. The van der Waals surface area contributed by atoms with Gasteiger partial charge in [0.05, 0.1) is 0 Å². The minimum Gasteiger partial charge on any atom is -0.0988 e. The van der Waals surface area contributed by atoms with Crippen molar-refractivity contribution in [1.29, 1.82) is 0 Å². The molecule has 2 rings (SSSR count). The van der Waals surface area contributed by atoms with Crippen LogP contribution in [0.5, 0.6) is 0 Å². The van der Waals surface area contributed by atoms with Crippen LogP contribution in [0.2, 0.25) is 0 Å². The van der Waals surface area contributed by atoms with E-state index in [1.54, 1.807) is 0 Å². The summed E-state index contributed by atoms with van der Waals surface area (Å²) in [7, 11) is 0. The first-order valence-corrected chi connectivity index (χ1v) is 8.75. The first-order chi connectivity index (χ1) is 11.7. The van der Waals surface area contributed by atoms with E-state index in [1.165, 1.54) is 33.4 Å². The van der Waals surface area contributed by atoms with Crippen molar-refractivity contribution in [2.24, 2.45) is 0 Å². The van der Waals surface area contributed by atoms with Crippen LogP contribution in [0, 0.1) is 27.7 Å². The van der Waals surface area contributed by atoms with Crippen LogP contribution in [0.4, 0.5) is 0 Å². The van der Waals surface area contributed by atoms with Crippen LogP contribution in [0.1, 0.15) is 43.0 Å². The number of allylic oxidation sites excluding steroid dienone is 5. The zero-order valence-electron chi connectivity index (χ0n) is 17.1. The first kappa shape index (κ1) is 22.7.